The van der Waals surface area contributed by atoms with E-state index in [0.29, 0.717) is 4.58 Å². The van der Waals surface area contributed by atoms with E-state index in [1.165, 1.54) is 17.1 Å². The van der Waals surface area contributed by atoms with Gasteiger partial charge < -0.3 is 5.32 Å². The average Bonchev–Trinajstić information content (AvgIpc) is 2.67. The molecule has 0 spiro atoms. The van der Waals surface area contributed by atoms with Crippen molar-refractivity contribution in [1.82, 2.24) is 4.98 Å². The molecular weight excluding hydrogens is 212 g/mol. The van der Waals surface area contributed by atoms with Crippen molar-refractivity contribution in [2.45, 2.75) is 11.5 Å². The van der Waals surface area contributed by atoms with E-state index in [-0.39, 0.29) is 0 Å². The van der Waals surface area contributed by atoms with Crippen LogP contribution in [0.2, 0.25) is 0 Å². The van der Waals surface area contributed by atoms with Crippen molar-refractivity contribution in [1.29, 1.82) is 0 Å². The second kappa shape index (κ2) is 4.94. The Morgan fingerprint density at radius 3 is 3.00 bits per heavy atom. The van der Waals surface area contributed by atoms with E-state index >= 15 is 0 Å². The number of pyridine rings is 1. The van der Waals surface area contributed by atoms with Crippen molar-refractivity contribution < 1.29 is 0 Å². The Morgan fingerprint density at radius 2 is 2.29 bits per heavy atom. The van der Waals surface area contributed by atoms with Crippen LogP contribution in [0.5, 0.6) is 0 Å². The van der Waals surface area contributed by atoms with Gasteiger partial charge in [0.15, 0.2) is 0 Å². The van der Waals surface area contributed by atoms with Gasteiger partial charge in [-0.05, 0) is 24.6 Å². The molecule has 2 nitrogen and oxygen atoms in total. The second-order valence-electron chi connectivity index (χ2n) is 3.27. The number of aromatic nitrogens is 1. The molecule has 1 aliphatic rings. The van der Waals surface area contributed by atoms with E-state index in [0.717, 1.165) is 12.4 Å². The molecule has 1 aliphatic heterocycles. The van der Waals surface area contributed by atoms with Crippen LogP contribution in [0.1, 0.15) is 5.56 Å². The number of hydrogen-bond donors (Lipinski definition) is 1. The van der Waals surface area contributed by atoms with Crippen molar-refractivity contribution in [3.8, 4) is 0 Å². The Labute approximate surface area is 93.3 Å². The predicted octanol–water partition coefficient (Wildman–Crippen LogP) is 2.61. The molecule has 0 unspecified atom stereocenters. The first-order valence-corrected chi connectivity index (χ1v) is 6.84. The molecule has 0 amide bonds. The van der Waals surface area contributed by atoms with E-state index in [1.807, 2.05) is 35.8 Å². The van der Waals surface area contributed by atoms with E-state index in [2.05, 4.69) is 23.3 Å². The molecule has 1 fully saturated rings. The lowest BCUT2D eigenvalue weighted by molar-refractivity contribution is 1.13. The zero-order chi connectivity index (χ0) is 9.80. The first kappa shape index (κ1) is 10.2. The van der Waals surface area contributed by atoms with Gasteiger partial charge in [0, 0.05) is 24.2 Å². The van der Waals surface area contributed by atoms with Crippen molar-refractivity contribution in [2.75, 3.05) is 23.4 Å². The van der Waals surface area contributed by atoms with Crippen LogP contribution in [0, 0.1) is 6.92 Å². The summed E-state index contributed by atoms with van der Waals surface area (Å²) in [6.07, 6.45) is 1.85. The van der Waals surface area contributed by atoms with Crippen LogP contribution >= 0.6 is 23.5 Å². The summed E-state index contributed by atoms with van der Waals surface area (Å²) >= 11 is 4.08. The van der Waals surface area contributed by atoms with Crippen LogP contribution in [0.25, 0.3) is 0 Å². The molecule has 1 aromatic rings. The number of rotatable bonds is 3. The third-order valence-corrected chi connectivity index (χ3v) is 5.09. The van der Waals surface area contributed by atoms with Crippen molar-refractivity contribution in [3.05, 3.63) is 23.9 Å². The Morgan fingerprint density at radius 1 is 1.50 bits per heavy atom. The van der Waals surface area contributed by atoms with Gasteiger partial charge >= 0.3 is 0 Å². The van der Waals surface area contributed by atoms with E-state index in [1.54, 1.807) is 0 Å². The highest BCUT2D eigenvalue weighted by Crippen LogP contribution is 2.31. The highest BCUT2D eigenvalue weighted by molar-refractivity contribution is 8.20. The highest BCUT2D eigenvalue weighted by atomic mass is 32.2. The molecule has 0 aliphatic carbocycles. The third-order valence-electron chi connectivity index (χ3n) is 2.06. The number of nitrogens with zero attached hydrogens (tertiary/aromatic N) is 1. The van der Waals surface area contributed by atoms with Gasteiger partial charge in [-0.15, -0.1) is 23.5 Å². The van der Waals surface area contributed by atoms with Crippen LogP contribution in [-0.4, -0.2) is 27.6 Å². The topological polar surface area (TPSA) is 24.9 Å². The van der Waals surface area contributed by atoms with Gasteiger partial charge in [0.2, 0.25) is 0 Å². The first-order valence-electron chi connectivity index (χ1n) is 4.74. The molecule has 0 radical (unpaired) electrons. The number of anilines is 1. The molecule has 1 N–H and O–H groups in total. The normalized spacial score (nSPS) is 17.2. The first-order chi connectivity index (χ1) is 6.84. The van der Waals surface area contributed by atoms with E-state index < -0.39 is 0 Å². The summed E-state index contributed by atoms with van der Waals surface area (Å²) in [5, 5.41) is 3.37. The monoisotopic (exact) mass is 226 g/mol. The molecule has 4 heteroatoms. The Bertz CT molecular complexity index is 298. The predicted molar refractivity (Wildman–Crippen MR) is 66.2 cm³/mol. The molecular formula is C10H14N2S2. The second-order valence-corrected chi connectivity index (χ2v) is 6.19. The maximum absolute atomic E-state index is 4.27. The minimum atomic E-state index is 0.706. The summed E-state index contributed by atoms with van der Waals surface area (Å²) in [6, 6.07) is 4.11. The lowest BCUT2D eigenvalue weighted by Crippen LogP contribution is -2.11. The van der Waals surface area contributed by atoms with Gasteiger partial charge in [-0.25, -0.2) is 4.98 Å². The molecule has 1 saturated heterocycles. The van der Waals surface area contributed by atoms with Crippen molar-refractivity contribution in [3.63, 3.8) is 0 Å². The van der Waals surface area contributed by atoms with Crippen LogP contribution in [0.3, 0.4) is 0 Å². The Hall–Kier alpha value is -0.350. The Balaban J connectivity index is 1.85. The molecule has 0 aromatic carbocycles. The quantitative estimate of drug-likeness (QED) is 0.856. The number of aryl methyl sites for hydroxylation is 1. The SMILES string of the molecule is Cc1ccnc(NCC2SCCS2)c1. The van der Waals surface area contributed by atoms with Gasteiger partial charge in [-0.1, -0.05) is 0 Å². The summed E-state index contributed by atoms with van der Waals surface area (Å²) in [5.74, 6) is 3.58. The minimum absolute atomic E-state index is 0.706. The number of thioether (sulfide) groups is 2. The molecule has 2 rings (SSSR count). The molecule has 0 saturated carbocycles. The largest absolute Gasteiger partial charge is 0.368 e. The van der Waals surface area contributed by atoms with Crippen LogP contribution in [0.15, 0.2) is 18.3 Å². The zero-order valence-corrected chi connectivity index (χ0v) is 9.83. The lowest BCUT2D eigenvalue weighted by atomic mass is 10.3. The fourth-order valence-corrected chi connectivity index (χ4v) is 4.01. The standard InChI is InChI=1S/C10H14N2S2/c1-8-2-3-11-9(6-8)12-7-10-13-4-5-14-10/h2-3,6,10H,4-5,7H2,1H3,(H,11,12). The van der Waals surface area contributed by atoms with E-state index in [4.69, 9.17) is 0 Å². The van der Waals surface area contributed by atoms with E-state index in [9.17, 15) is 0 Å². The zero-order valence-electron chi connectivity index (χ0n) is 8.19. The van der Waals surface area contributed by atoms with Gasteiger partial charge in [0.05, 0.1) is 4.58 Å². The molecule has 76 valence electrons. The van der Waals surface area contributed by atoms with Gasteiger partial charge in [-0.3, -0.25) is 0 Å². The summed E-state index contributed by atoms with van der Waals surface area (Å²) in [5.41, 5.74) is 1.26. The molecule has 0 bridgehead atoms. The van der Waals surface area contributed by atoms with Gasteiger partial charge in [0.25, 0.3) is 0 Å². The maximum atomic E-state index is 4.27. The fourth-order valence-electron chi connectivity index (χ4n) is 1.35. The van der Waals surface area contributed by atoms with Crippen molar-refractivity contribution in [2.24, 2.45) is 0 Å². The maximum Gasteiger partial charge on any atom is 0.126 e. The fraction of sp³-hybridized carbons (Fsp3) is 0.500. The third kappa shape index (κ3) is 2.82. The minimum Gasteiger partial charge on any atom is -0.368 e. The average molecular weight is 226 g/mol. The lowest BCUT2D eigenvalue weighted by Gasteiger charge is -2.10. The number of hydrogen-bond acceptors (Lipinski definition) is 4. The van der Waals surface area contributed by atoms with Gasteiger partial charge in [0.1, 0.15) is 5.82 Å². The molecule has 1 aromatic heterocycles. The number of nitrogens with one attached hydrogen (secondary N) is 1. The molecule has 14 heavy (non-hydrogen) atoms. The molecule has 0 atom stereocenters. The van der Waals surface area contributed by atoms with Gasteiger partial charge in [-0.2, -0.15) is 0 Å². The Kier molecular flexibility index (Phi) is 3.59. The summed E-state index contributed by atoms with van der Waals surface area (Å²) in [4.78, 5) is 4.27. The highest BCUT2D eigenvalue weighted by Gasteiger charge is 2.15. The summed E-state index contributed by atoms with van der Waals surface area (Å²) in [7, 11) is 0. The van der Waals surface area contributed by atoms with Crippen LogP contribution < -0.4 is 5.32 Å². The summed E-state index contributed by atoms with van der Waals surface area (Å²) < 4.78 is 0.706. The molecule has 2 heterocycles. The van der Waals surface area contributed by atoms with Crippen LogP contribution in [-0.2, 0) is 0 Å². The van der Waals surface area contributed by atoms with Crippen LogP contribution in [0.4, 0.5) is 5.82 Å². The summed E-state index contributed by atoms with van der Waals surface area (Å²) in [6.45, 7) is 3.11. The smallest absolute Gasteiger partial charge is 0.126 e. The van der Waals surface area contributed by atoms with Crippen molar-refractivity contribution >= 4 is 29.3 Å².